The van der Waals surface area contributed by atoms with E-state index in [1.165, 1.54) is 0 Å². The molecule has 0 saturated carbocycles. The standard InChI is InChI=1S/C20H10F12N2S/c21-17(22,23)9-1-7(2-10(5-9)18(24,25)26)15-13(33)14(34)16(35-15)8-3-11(19(27,28)29)6-12(4-8)20(30,31)32/h1-6H,33-34H2. The highest BCUT2D eigenvalue weighted by atomic mass is 32.1. The number of hydrogen-bond donors (Lipinski definition) is 2. The summed E-state index contributed by atoms with van der Waals surface area (Å²) in [5.41, 5.74) is 1.96. The Morgan fingerprint density at radius 2 is 0.657 bits per heavy atom. The first-order chi connectivity index (χ1) is 15.7. The van der Waals surface area contributed by atoms with Gasteiger partial charge in [-0.15, -0.1) is 11.3 Å². The van der Waals surface area contributed by atoms with Gasteiger partial charge in [-0.2, -0.15) is 52.7 Å². The van der Waals surface area contributed by atoms with Crippen molar-refractivity contribution in [2.45, 2.75) is 24.7 Å². The zero-order valence-electron chi connectivity index (χ0n) is 16.6. The van der Waals surface area contributed by atoms with Crippen LogP contribution in [0.2, 0.25) is 0 Å². The van der Waals surface area contributed by atoms with E-state index in [1.54, 1.807) is 0 Å². The van der Waals surface area contributed by atoms with Gasteiger partial charge in [0.15, 0.2) is 0 Å². The number of nitrogens with two attached hydrogens (primary N) is 2. The largest absolute Gasteiger partial charge is 0.416 e. The minimum absolute atomic E-state index is 0.153. The van der Waals surface area contributed by atoms with E-state index in [4.69, 9.17) is 11.5 Å². The summed E-state index contributed by atoms with van der Waals surface area (Å²) in [4.78, 5) is -1.000. The molecule has 0 spiro atoms. The Bertz CT molecular complexity index is 1100. The second-order valence-electron chi connectivity index (χ2n) is 7.18. The highest BCUT2D eigenvalue weighted by molar-refractivity contribution is 7.20. The van der Waals surface area contributed by atoms with E-state index < -0.39 is 79.2 Å². The van der Waals surface area contributed by atoms with Crippen LogP contribution in [-0.4, -0.2) is 0 Å². The Hall–Kier alpha value is -3.10. The quantitative estimate of drug-likeness (QED) is 0.323. The van der Waals surface area contributed by atoms with Gasteiger partial charge in [0.05, 0.1) is 43.4 Å². The molecule has 0 atom stereocenters. The Labute approximate surface area is 191 Å². The van der Waals surface area contributed by atoms with Crippen LogP contribution in [0.4, 0.5) is 64.1 Å². The minimum atomic E-state index is -5.21. The van der Waals surface area contributed by atoms with Crippen molar-refractivity contribution in [2.75, 3.05) is 11.5 Å². The van der Waals surface area contributed by atoms with Crippen LogP contribution in [0.25, 0.3) is 20.9 Å². The Morgan fingerprint density at radius 1 is 0.429 bits per heavy atom. The summed E-state index contributed by atoms with van der Waals surface area (Å²) in [7, 11) is 0. The van der Waals surface area contributed by atoms with Crippen molar-refractivity contribution < 1.29 is 52.7 Å². The molecule has 4 N–H and O–H groups in total. The molecular weight excluding hydrogens is 528 g/mol. The second kappa shape index (κ2) is 8.24. The molecule has 0 aliphatic rings. The van der Waals surface area contributed by atoms with Crippen molar-refractivity contribution in [3.05, 3.63) is 58.7 Å². The summed E-state index contributed by atoms with van der Waals surface area (Å²) in [6, 6.07) is 0.948. The molecule has 15 heteroatoms. The normalized spacial score (nSPS) is 13.4. The Kier molecular flexibility index (Phi) is 6.24. The number of nitrogen functional groups attached to an aromatic ring is 2. The molecule has 0 fully saturated rings. The summed E-state index contributed by atoms with van der Waals surface area (Å²) in [6.07, 6.45) is -20.8. The van der Waals surface area contributed by atoms with E-state index in [2.05, 4.69) is 0 Å². The van der Waals surface area contributed by atoms with E-state index >= 15 is 0 Å². The third kappa shape index (κ3) is 5.44. The van der Waals surface area contributed by atoms with E-state index in [0.717, 1.165) is 0 Å². The van der Waals surface area contributed by atoms with Gasteiger partial charge in [0.25, 0.3) is 0 Å². The third-order valence-corrected chi connectivity index (χ3v) is 6.00. The van der Waals surface area contributed by atoms with Crippen LogP contribution in [0, 0.1) is 0 Å². The molecule has 190 valence electrons. The maximum absolute atomic E-state index is 13.2. The molecule has 3 aromatic rings. The first kappa shape index (κ1) is 26.5. The fourth-order valence-electron chi connectivity index (χ4n) is 3.06. The molecule has 0 saturated heterocycles. The smallest absolute Gasteiger partial charge is 0.396 e. The lowest BCUT2D eigenvalue weighted by atomic mass is 10.0. The van der Waals surface area contributed by atoms with Crippen LogP contribution in [0.5, 0.6) is 0 Å². The number of benzene rings is 2. The molecule has 0 bridgehead atoms. The van der Waals surface area contributed by atoms with Crippen LogP contribution >= 0.6 is 11.3 Å². The summed E-state index contributed by atoms with van der Waals surface area (Å²) in [5.74, 6) is 0. The number of rotatable bonds is 2. The second-order valence-corrected chi connectivity index (χ2v) is 8.20. The molecule has 1 aromatic heterocycles. The van der Waals surface area contributed by atoms with Gasteiger partial charge in [0.1, 0.15) is 0 Å². The molecule has 35 heavy (non-hydrogen) atoms. The third-order valence-electron chi connectivity index (χ3n) is 4.68. The van der Waals surface area contributed by atoms with Gasteiger partial charge in [-0.3, -0.25) is 0 Å². The molecular formula is C20H10F12N2S. The minimum Gasteiger partial charge on any atom is -0.396 e. The average Bonchev–Trinajstić information content (AvgIpc) is 2.99. The van der Waals surface area contributed by atoms with Gasteiger partial charge in [-0.05, 0) is 47.5 Å². The molecule has 0 radical (unpaired) electrons. The van der Waals surface area contributed by atoms with Gasteiger partial charge < -0.3 is 11.5 Å². The van der Waals surface area contributed by atoms with E-state index in [9.17, 15) is 52.7 Å². The number of alkyl halides is 12. The SMILES string of the molecule is Nc1c(-c2cc(C(F)(F)F)cc(C(F)(F)F)c2)sc(-c2cc(C(F)(F)F)cc(C(F)(F)F)c2)c1N. The molecule has 2 aromatic carbocycles. The lowest BCUT2D eigenvalue weighted by Crippen LogP contribution is -2.11. The molecule has 0 amide bonds. The van der Waals surface area contributed by atoms with Crippen molar-refractivity contribution >= 4 is 22.7 Å². The summed E-state index contributed by atoms with van der Waals surface area (Å²) >= 11 is 0.250. The monoisotopic (exact) mass is 538 g/mol. The van der Waals surface area contributed by atoms with Gasteiger partial charge >= 0.3 is 24.7 Å². The summed E-state index contributed by atoms with van der Waals surface area (Å²) in [6.45, 7) is 0. The number of halogens is 12. The maximum Gasteiger partial charge on any atom is 0.416 e. The molecule has 2 nitrogen and oxygen atoms in total. The number of anilines is 2. The molecule has 1 heterocycles. The van der Waals surface area contributed by atoms with Crippen molar-refractivity contribution in [2.24, 2.45) is 0 Å². The van der Waals surface area contributed by atoms with Crippen LogP contribution in [0.3, 0.4) is 0 Å². The zero-order valence-corrected chi connectivity index (χ0v) is 17.4. The van der Waals surface area contributed by atoms with Crippen LogP contribution in [0.1, 0.15) is 22.3 Å². The highest BCUT2D eigenvalue weighted by Crippen LogP contribution is 2.49. The van der Waals surface area contributed by atoms with Crippen LogP contribution in [-0.2, 0) is 24.7 Å². The van der Waals surface area contributed by atoms with Gasteiger partial charge in [-0.25, -0.2) is 0 Å². The number of thiophene rings is 1. The van der Waals surface area contributed by atoms with Crippen molar-refractivity contribution in [3.8, 4) is 20.9 Å². The summed E-state index contributed by atoms with van der Waals surface area (Å²) in [5, 5.41) is 0. The predicted molar refractivity (Wildman–Crippen MR) is 104 cm³/mol. The average molecular weight is 538 g/mol. The van der Waals surface area contributed by atoms with Crippen molar-refractivity contribution in [1.29, 1.82) is 0 Å². The lowest BCUT2D eigenvalue weighted by Gasteiger charge is -2.14. The van der Waals surface area contributed by atoms with E-state index in [1.807, 2.05) is 0 Å². The highest BCUT2D eigenvalue weighted by Gasteiger charge is 2.39. The first-order valence-electron chi connectivity index (χ1n) is 8.97. The lowest BCUT2D eigenvalue weighted by molar-refractivity contribution is -0.144. The van der Waals surface area contributed by atoms with Gasteiger partial charge in [-0.1, -0.05) is 0 Å². The Morgan fingerprint density at radius 3 is 0.857 bits per heavy atom. The van der Waals surface area contributed by atoms with Gasteiger partial charge in [0, 0.05) is 0 Å². The fourth-order valence-corrected chi connectivity index (χ4v) is 4.17. The zero-order chi connectivity index (χ0) is 26.7. The molecule has 0 aliphatic carbocycles. The maximum atomic E-state index is 13.2. The van der Waals surface area contributed by atoms with E-state index in [0.29, 0.717) is 24.3 Å². The number of hydrogen-bond acceptors (Lipinski definition) is 3. The van der Waals surface area contributed by atoms with Gasteiger partial charge in [0.2, 0.25) is 0 Å². The topological polar surface area (TPSA) is 52.0 Å². The van der Waals surface area contributed by atoms with E-state index in [-0.39, 0.29) is 23.5 Å². The molecule has 0 aliphatic heterocycles. The first-order valence-corrected chi connectivity index (χ1v) is 9.78. The molecule has 3 rings (SSSR count). The van der Waals surface area contributed by atoms with Crippen molar-refractivity contribution in [1.82, 2.24) is 0 Å². The summed E-state index contributed by atoms with van der Waals surface area (Å²) < 4.78 is 158. The predicted octanol–water partition coefficient (Wildman–Crippen LogP) is 8.32. The molecule has 0 unspecified atom stereocenters. The fraction of sp³-hybridized carbons (Fsp3) is 0.200. The Balaban J connectivity index is 2.29. The van der Waals surface area contributed by atoms with Crippen molar-refractivity contribution in [3.63, 3.8) is 0 Å². The van der Waals surface area contributed by atoms with Crippen LogP contribution < -0.4 is 11.5 Å². The van der Waals surface area contributed by atoms with Crippen LogP contribution in [0.15, 0.2) is 36.4 Å².